The third-order valence-electron chi connectivity index (χ3n) is 4.51. The minimum atomic E-state index is -1.50. The van der Waals surface area contributed by atoms with E-state index in [-0.39, 0.29) is 21.7 Å². The number of hydrogen-bond donors (Lipinski definition) is 1. The van der Waals surface area contributed by atoms with E-state index in [0.717, 1.165) is 11.1 Å². The molecule has 1 N–H and O–H groups in total. The Morgan fingerprint density at radius 3 is 2.11 bits per heavy atom. The molecular weight excluding hydrogens is 364 g/mol. The zero-order chi connectivity index (χ0) is 19.7. The number of amides is 1. The van der Waals surface area contributed by atoms with Crippen LogP contribution >= 0.6 is 11.6 Å². The molecule has 6 heteroatoms. The lowest BCUT2D eigenvalue weighted by atomic mass is 9.83. The molecule has 2 aromatic carbocycles. The van der Waals surface area contributed by atoms with Gasteiger partial charge in [0.05, 0.1) is 11.1 Å². The number of para-hydroxylation sites is 1. The van der Waals surface area contributed by atoms with Gasteiger partial charge < -0.3 is 5.32 Å². The number of allylic oxidation sites excluding steroid dienone is 1. The van der Waals surface area contributed by atoms with E-state index in [1.807, 2.05) is 38.1 Å². The van der Waals surface area contributed by atoms with Crippen LogP contribution < -0.4 is 5.32 Å². The van der Waals surface area contributed by atoms with Crippen molar-refractivity contribution in [3.05, 3.63) is 75.3 Å². The summed E-state index contributed by atoms with van der Waals surface area (Å²) in [5.41, 5.74) is 2.22. The monoisotopic (exact) mass is 378 g/mol. The smallest absolute Gasteiger partial charge is 0.246 e. The predicted molar refractivity (Wildman–Crippen MR) is 102 cm³/mol. The Morgan fingerprint density at radius 2 is 1.56 bits per heavy atom. The summed E-state index contributed by atoms with van der Waals surface area (Å²) in [7, 11) is 0. The standard InChI is InChI=1S/C21H15ClN2O3/c1-11-6-5-7-12(2)18(11)24-21(27)15(10-23)16-17(22)20(26)14-9-4-3-8-13(14)19(16)25/h3-9,15H,1-2H3,(H,24,27)/t15-/m1/s1. The molecule has 1 aliphatic rings. The first-order chi connectivity index (χ1) is 12.9. The molecule has 0 fully saturated rings. The topological polar surface area (TPSA) is 87.0 Å². The molecule has 1 aliphatic carbocycles. The molecule has 0 heterocycles. The summed E-state index contributed by atoms with van der Waals surface area (Å²) in [6.07, 6.45) is 0. The summed E-state index contributed by atoms with van der Waals surface area (Å²) in [5, 5.41) is 11.9. The summed E-state index contributed by atoms with van der Waals surface area (Å²) >= 11 is 6.12. The van der Waals surface area contributed by atoms with Crippen LogP contribution in [0.3, 0.4) is 0 Å². The maximum absolute atomic E-state index is 12.8. The van der Waals surface area contributed by atoms with E-state index >= 15 is 0 Å². The Balaban J connectivity index is 2.02. The van der Waals surface area contributed by atoms with Crippen LogP contribution in [-0.2, 0) is 4.79 Å². The van der Waals surface area contributed by atoms with E-state index in [1.54, 1.807) is 12.1 Å². The molecule has 0 bridgehead atoms. The number of nitrogens with zero attached hydrogens (tertiary/aromatic N) is 1. The van der Waals surface area contributed by atoms with Gasteiger partial charge in [0.2, 0.25) is 11.7 Å². The van der Waals surface area contributed by atoms with Crippen LogP contribution in [0.1, 0.15) is 31.8 Å². The number of hydrogen-bond acceptors (Lipinski definition) is 4. The molecule has 0 radical (unpaired) electrons. The number of aryl methyl sites for hydroxylation is 2. The average molecular weight is 379 g/mol. The summed E-state index contributed by atoms with van der Waals surface area (Å²) in [6, 6.07) is 13.5. The maximum Gasteiger partial charge on any atom is 0.246 e. The molecule has 1 amide bonds. The van der Waals surface area contributed by atoms with Gasteiger partial charge in [-0.3, -0.25) is 14.4 Å². The molecule has 0 saturated carbocycles. The fraction of sp³-hybridized carbons (Fsp3) is 0.143. The largest absolute Gasteiger partial charge is 0.324 e. The SMILES string of the molecule is Cc1cccc(C)c1NC(=O)[C@H](C#N)C1=C(Cl)C(=O)c2ccccc2C1=O. The molecule has 0 saturated heterocycles. The van der Waals surface area contributed by atoms with Crippen molar-refractivity contribution in [2.75, 3.05) is 5.32 Å². The molecule has 3 rings (SSSR count). The number of Topliss-reactive ketones (excluding diaryl/α,β-unsaturated/α-hetero) is 2. The third-order valence-corrected chi connectivity index (χ3v) is 4.88. The molecule has 1 atom stereocenters. The van der Waals surface area contributed by atoms with Gasteiger partial charge in [-0.15, -0.1) is 0 Å². The van der Waals surface area contributed by atoms with E-state index in [0.29, 0.717) is 5.69 Å². The highest BCUT2D eigenvalue weighted by Gasteiger charge is 2.38. The first kappa shape index (κ1) is 18.6. The Labute approximate surface area is 161 Å². The quantitative estimate of drug-likeness (QED) is 0.875. The molecule has 2 aromatic rings. The Hall–Kier alpha value is -3.23. The van der Waals surface area contributed by atoms with Gasteiger partial charge in [0.25, 0.3) is 0 Å². The van der Waals surface area contributed by atoms with E-state index in [9.17, 15) is 19.6 Å². The lowest BCUT2D eigenvalue weighted by Gasteiger charge is -2.21. The van der Waals surface area contributed by atoms with Gasteiger partial charge in [-0.25, -0.2) is 0 Å². The van der Waals surface area contributed by atoms with Crippen LogP contribution in [0.15, 0.2) is 53.1 Å². The second kappa shape index (κ2) is 7.18. The number of fused-ring (bicyclic) bond motifs is 1. The van der Waals surface area contributed by atoms with Gasteiger partial charge >= 0.3 is 0 Å². The van der Waals surface area contributed by atoms with Gasteiger partial charge in [-0.05, 0) is 25.0 Å². The highest BCUT2D eigenvalue weighted by molar-refractivity contribution is 6.50. The summed E-state index contributed by atoms with van der Waals surface area (Å²) in [6.45, 7) is 3.64. The minimum Gasteiger partial charge on any atom is -0.324 e. The number of carbonyl (C=O) groups is 3. The number of anilines is 1. The van der Waals surface area contributed by atoms with E-state index < -0.39 is 23.4 Å². The second-order valence-electron chi connectivity index (χ2n) is 6.25. The molecule has 5 nitrogen and oxygen atoms in total. The van der Waals surface area contributed by atoms with Crippen LogP contribution in [-0.4, -0.2) is 17.5 Å². The Kier molecular flexibility index (Phi) is 4.93. The van der Waals surface area contributed by atoms with Crippen molar-refractivity contribution >= 4 is 34.8 Å². The second-order valence-corrected chi connectivity index (χ2v) is 6.63. The van der Waals surface area contributed by atoms with Gasteiger partial charge in [-0.1, -0.05) is 54.1 Å². The highest BCUT2D eigenvalue weighted by atomic mass is 35.5. The number of benzene rings is 2. The van der Waals surface area contributed by atoms with Crippen molar-refractivity contribution in [3.63, 3.8) is 0 Å². The van der Waals surface area contributed by atoms with Crippen LogP contribution in [0.5, 0.6) is 0 Å². The van der Waals surface area contributed by atoms with Crippen molar-refractivity contribution < 1.29 is 14.4 Å². The molecular formula is C21H15ClN2O3. The number of nitrogens with one attached hydrogen (secondary N) is 1. The van der Waals surface area contributed by atoms with Crippen LogP contribution in [0.2, 0.25) is 0 Å². The Morgan fingerprint density at radius 1 is 1.00 bits per heavy atom. The zero-order valence-corrected chi connectivity index (χ0v) is 15.4. The van der Waals surface area contributed by atoms with Crippen molar-refractivity contribution in [1.29, 1.82) is 5.26 Å². The van der Waals surface area contributed by atoms with Crippen molar-refractivity contribution in [1.82, 2.24) is 0 Å². The molecule has 134 valence electrons. The number of carbonyl (C=O) groups excluding carboxylic acids is 3. The summed E-state index contributed by atoms with van der Waals surface area (Å²) < 4.78 is 0. The van der Waals surface area contributed by atoms with Gasteiger partial charge in [-0.2, -0.15) is 5.26 Å². The lowest BCUT2D eigenvalue weighted by Crippen LogP contribution is -2.31. The average Bonchev–Trinajstić information content (AvgIpc) is 2.66. The molecule has 0 aromatic heterocycles. The summed E-state index contributed by atoms with van der Waals surface area (Å²) in [5.74, 6) is -3.36. The van der Waals surface area contributed by atoms with Crippen molar-refractivity contribution in [3.8, 4) is 6.07 Å². The van der Waals surface area contributed by atoms with Gasteiger partial charge in [0, 0.05) is 22.4 Å². The van der Waals surface area contributed by atoms with Crippen LogP contribution in [0.25, 0.3) is 0 Å². The van der Waals surface area contributed by atoms with E-state index in [4.69, 9.17) is 11.6 Å². The minimum absolute atomic E-state index is 0.141. The van der Waals surface area contributed by atoms with Crippen LogP contribution in [0.4, 0.5) is 5.69 Å². The Bertz CT molecular complexity index is 1040. The lowest BCUT2D eigenvalue weighted by molar-refractivity contribution is -0.117. The normalized spacial score (nSPS) is 14.4. The van der Waals surface area contributed by atoms with E-state index in [1.165, 1.54) is 12.1 Å². The fourth-order valence-electron chi connectivity index (χ4n) is 3.08. The highest BCUT2D eigenvalue weighted by Crippen LogP contribution is 2.33. The number of halogens is 1. The summed E-state index contributed by atoms with van der Waals surface area (Å²) in [4.78, 5) is 38.1. The van der Waals surface area contributed by atoms with E-state index in [2.05, 4.69) is 5.32 Å². The fourth-order valence-corrected chi connectivity index (χ4v) is 3.38. The molecule has 0 aliphatic heterocycles. The van der Waals surface area contributed by atoms with Crippen molar-refractivity contribution in [2.24, 2.45) is 5.92 Å². The molecule has 0 unspecified atom stereocenters. The first-order valence-corrected chi connectivity index (χ1v) is 8.59. The van der Waals surface area contributed by atoms with Gasteiger partial charge in [0.15, 0.2) is 11.7 Å². The van der Waals surface area contributed by atoms with Crippen LogP contribution in [0, 0.1) is 31.1 Å². The third kappa shape index (κ3) is 3.16. The number of rotatable bonds is 3. The first-order valence-electron chi connectivity index (χ1n) is 8.21. The maximum atomic E-state index is 12.8. The van der Waals surface area contributed by atoms with Crippen molar-refractivity contribution in [2.45, 2.75) is 13.8 Å². The zero-order valence-electron chi connectivity index (χ0n) is 14.7. The number of nitriles is 1. The molecule has 0 spiro atoms. The number of ketones is 2. The predicted octanol–water partition coefficient (Wildman–Crippen LogP) is 3.95. The molecule has 27 heavy (non-hydrogen) atoms. The van der Waals surface area contributed by atoms with Gasteiger partial charge in [0.1, 0.15) is 0 Å².